The van der Waals surface area contributed by atoms with E-state index in [1.807, 2.05) is 19.1 Å². The molecule has 2 heterocycles. The maximum absolute atomic E-state index is 5.99. The molecular weight excluding hydrogens is 246 g/mol. The second-order valence-electron chi connectivity index (χ2n) is 3.10. The van der Waals surface area contributed by atoms with Crippen molar-refractivity contribution in [1.29, 1.82) is 0 Å². The third-order valence-corrected chi connectivity index (χ3v) is 2.69. The highest BCUT2D eigenvalue weighted by Crippen LogP contribution is 2.28. The quantitative estimate of drug-likeness (QED) is 0.898. The van der Waals surface area contributed by atoms with Crippen LogP contribution in [0.3, 0.4) is 0 Å². The van der Waals surface area contributed by atoms with Gasteiger partial charge in [0.05, 0.1) is 23.0 Å². The first-order valence-corrected chi connectivity index (χ1v) is 5.01. The average molecular weight is 256 g/mol. The Labute approximate surface area is 90.0 Å². The third-order valence-electron chi connectivity index (χ3n) is 2.04. The molecule has 0 aliphatic heterocycles. The minimum Gasteiger partial charge on any atom is -0.469 e. The summed E-state index contributed by atoms with van der Waals surface area (Å²) in [6.45, 7) is 1.88. The predicted molar refractivity (Wildman–Crippen MR) is 55.9 cm³/mol. The molecule has 0 saturated carbocycles. The van der Waals surface area contributed by atoms with Crippen molar-refractivity contribution in [2.75, 3.05) is 0 Å². The Hall–Kier alpha value is -1.00. The van der Waals surface area contributed by atoms with Crippen LogP contribution < -0.4 is 5.73 Å². The van der Waals surface area contributed by atoms with E-state index in [0.717, 1.165) is 15.8 Å². The highest BCUT2D eigenvalue weighted by atomic mass is 79.9. The molecule has 0 saturated heterocycles. The molecule has 1 atom stereocenters. The van der Waals surface area contributed by atoms with E-state index in [-0.39, 0.29) is 6.04 Å². The van der Waals surface area contributed by atoms with Gasteiger partial charge in [0, 0.05) is 5.56 Å². The van der Waals surface area contributed by atoms with Gasteiger partial charge in [-0.25, -0.2) is 0 Å². The number of rotatable bonds is 2. The summed E-state index contributed by atoms with van der Waals surface area (Å²) in [7, 11) is 0. The first-order chi connectivity index (χ1) is 6.68. The summed E-state index contributed by atoms with van der Waals surface area (Å²) in [5, 5.41) is 0. The molecule has 14 heavy (non-hydrogen) atoms. The van der Waals surface area contributed by atoms with Crippen molar-refractivity contribution in [3.05, 3.63) is 46.2 Å². The number of hydrogen-bond donors (Lipinski definition) is 1. The van der Waals surface area contributed by atoms with Crippen molar-refractivity contribution >= 4 is 15.9 Å². The number of furan rings is 2. The summed E-state index contributed by atoms with van der Waals surface area (Å²) >= 11 is 3.37. The fraction of sp³-hybridized carbons (Fsp3) is 0.200. The van der Waals surface area contributed by atoms with Crippen LogP contribution in [0.25, 0.3) is 0 Å². The number of hydrogen-bond acceptors (Lipinski definition) is 3. The summed E-state index contributed by atoms with van der Waals surface area (Å²) in [4.78, 5) is 0. The Kier molecular flexibility index (Phi) is 2.48. The van der Waals surface area contributed by atoms with Gasteiger partial charge in [-0.05, 0) is 35.0 Å². The Morgan fingerprint density at radius 1 is 1.43 bits per heavy atom. The lowest BCUT2D eigenvalue weighted by Crippen LogP contribution is -2.10. The normalized spacial score (nSPS) is 13.1. The van der Waals surface area contributed by atoms with Crippen molar-refractivity contribution in [2.45, 2.75) is 13.0 Å². The van der Waals surface area contributed by atoms with Crippen LogP contribution in [0.2, 0.25) is 0 Å². The van der Waals surface area contributed by atoms with Gasteiger partial charge >= 0.3 is 0 Å². The molecule has 2 N–H and O–H groups in total. The molecule has 0 amide bonds. The van der Waals surface area contributed by atoms with Gasteiger partial charge in [0.25, 0.3) is 0 Å². The van der Waals surface area contributed by atoms with Crippen LogP contribution in [0.5, 0.6) is 0 Å². The lowest BCUT2D eigenvalue weighted by molar-refractivity contribution is 0.482. The summed E-state index contributed by atoms with van der Waals surface area (Å²) in [6, 6.07) is 3.44. The van der Waals surface area contributed by atoms with E-state index in [4.69, 9.17) is 14.6 Å². The Morgan fingerprint density at radius 2 is 2.21 bits per heavy atom. The molecular formula is C10H10BrNO2. The van der Waals surface area contributed by atoms with E-state index in [1.165, 1.54) is 0 Å². The smallest absolute Gasteiger partial charge is 0.139 e. The van der Waals surface area contributed by atoms with E-state index in [9.17, 15) is 0 Å². The first-order valence-electron chi connectivity index (χ1n) is 4.22. The third kappa shape index (κ3) is 1.63. The first kappa shape index (κ1) is 9.55. The van der Waals surface area contributed by atoms with Crippen LogP contribution in [0.1, 0.15) is 23.1 Å². The maximum atomic E-state index is 5.99. The van der Waals surface area contributed by atoms with Gasteiger partial charge in [-0.3, -0.25) is 0 Å². The Bertz CT molecular complexity index is 433. The lowest BCUT2D eigenvalue weighted by Gasteiger charge is -2.05. The number of nitrogens with two attached hydrogens (primary N) is 1. The van der Waals surface area contributed by atoms with Crippen LogP contribution in [0.15, 0.2) is 38.0 Å². The fourth-order valence-electron chi connectivity index (χ4n) is 1.31. The molecule has 2 rings (SSSR count). The fourth-order valence-corrected chi connectivity index (χ4v) is 1.75. The van der Waals surface area contributed by atoms with E-state index >= 15 is 0 Å². The van der Waals surface area contributed by atoms with Crippen molar-refractivity contribution in [3.8, 4) is 0 Å². The summed E-state index contributed by atoms with van der Waals surface area (Å²) < 4.78 is 11.3. The average Bonchev–Trinajstić information content (AvgIpc) is 2.73. The van der Waals surface area contributed by atoms with Gasteiger partial charge in [-0.2, -0.15) is 0 Å². The topological polar surface area (TPSA) is 52.3 Å². The predicted octanol–water partition coefficient (Wildman–Crippen LogP) is 2.99. The van der Waals surface area contributed by atoms with Gasteiger partial charge in [-0.1, -0.05) is 0 Å². The van der Waals surface area contributed by atoms with Crippen molar-refractivity contribution in [1.82, 2.24) is 0 Å². The van der Waals surface area contributed by atoms with Gasteiger partial charge in [-0.15, -0.1) is 0 Å². The van der Waals surface area contributed by atoms with Gasteiger partial charge < -0.3 is 14.6 Å². The minimum absolute atomic E-state index is 0.281. The summed E-state index contributed by atoms with van der Waals surface area (Å²) in [5.41, 5.74) is 6.91. The SMILES string of the molecule is Cc1cc(C(N)c2occc2Br)co1. The molecule has 2 aromatic heterocycles. The van der Waals surface area contributed by atoms with Crippen LogP contribution in [-0.4, -0.2) is 0 Å². The maximum Gasteiger partial charge on any atom is 0.139 e. The van der Waals surface area contributed by atoms with Gasteiger partial charge in [0.1, 0.15) is 11.5 Å². The molecule has 1 unspecified atom stereocenters. The van der Waals surface area contributed by atoms with Gasteiger partial charge in [0.2, 0.25) is 0 Å². The standard InChI is InChI=1S/C10H10BrNO2/c1-6-4-7(5-14-6)9(12)10-8(11)2-3-13-10/h2-5,9H,12H2,1H3. The minimum atomic E-state index is -0.281. The van der Waals surface area contributed by atoms with Gasteiger partial charge in [0.15, 0.2) is 0 Å². The second kappa shape index (κ2) is 3.63. The number of halogens is 1. The molecule has 3 nitrogen and oxygen atoms in total. The van der Waals surface area contributed by atoms with Crippen LogP contribution in [0, 0.1) is 6.92 Å². The van der Waals surface area contributed by atoms with Crippen molar-refractivity contribution < 1.29 is 8.83 Å². The van der Waals surface area contributed by atoms with E-state index in [2.05, 4.69) is 15.9 Å². The van der Waals surface area contributed by atoms with E-state index < -0.39 is 0 Å². The number of aryl methyl sites for hydroxylation is 1. The van der Waals surface area contributed by atoms with Crippen molar-refractivity contribution in [2.24, 2.45) is 5.73 Å². The monoisotopic (exact) mass is 255 g/mol. The molecule has 2 aromatic rings. The lowest BCUT2D eigenvalue weighted by atomic mass is 10.1. The molecule has 0 aliphatic rings. The molecule has 0 radical (unpaired) electrons. The Morgan fingerprint density at radius 3 is 2.71 bits per heavy atom. The van der Waals surface area contributed by atoms with Crippen LogP contribution in [0.4, 0.5) is 0 Å². The zero-order valence-corrected chi connectivity index (χ0v) is 9.24. The Balaban J connectivity index is 2.33. The van der Waals surface area contributed by atoms with Crippen LogP contribution in [-0.2, 0) is 0 Å². The zero-order chi connectivity index (χ0) is 10.1. The zero-order valence-electron chi connectivity index (χ0n) is 7.66. The van der Waals surface area contributed by atoms with E-state index in [1.54, 1.807) is 12.5 Å². The highest BCUT2D eigenvalue weighted by molar-refractivity contribution is 9.10. The molecule has 0 spiro atoms. The summed E-state index contributed by atoms with van der Waals surface area (Å²) in [5.74, 6) is 1.56. The molecule has 0 bridgehead atoms. The van der Waals surface area contributed by atoms with Crippen LogP contribution >= 0.6 is 15.9 Å². The summed E-state index contributed by atoms with van der Waals surface area (Å²) in [6.07, 6.45) is 3.25. The molecule has 0 aliphatic carbocycles. The molecule has 74 valence electrons. The molecule has 0 fully saturated rings. The largest absolute Gasteiger partial charge is 0.469 e. The van der Waals surface area contributed by atoms with E-state index in [0.29, 0.717) is 5.76 Å². The second-order valence-corrected chi connectivity index (χ2v) is 3.96. The highest BCUT2D eigenvalue weighted by Gasteiger charge is 2.17. The molecule has 0 aromatic carbocycles. The van der Waals surface area contributed by atoms with Crippen molar-refractivity contribution in [3.63, 3.8) is 0 Å². The molecule has 4 heteroatoms.